The van der Waals surface area contributed by atoms with Crippen molar-refractivity contribution in [2.75, 3.05) is 19.8 Å². The standard InChI is InChI=1S/C21H23BrFNO3/c22-16-8-9-18(19(23)13-16)21(15-5-2-1-3-6-15)24-20(25)10-12-26-14-17-7-4-11-27-17/h1-3,5-6,8-9,13,17,21H,4,7,10-12,14H2,(H,24,25). The van der Waals surface area contributed by atoms with Crippen molar-refractivity contribution in [2.24, 2.45) is 0 Å². The molecule has 27 heavy (non-hydrogen) atoms. The van der Waals surface area contributed by atoms with Crippen LogP contribution in [-0.4, -0.2) is 31.8 Å². The maximum absolute atomic E-state index is 14.5. The first-order chi connectivity index (χ1) is 13.1. The van der Waals surface area contributed by atoms with Crippen LogP contribution in [0.25, 0.3) is 0 Å². The molecule has 1 aliphatic heterocycles. The number of nitrogens with one attached hydrogen (secondary N) is 1. The van der Waals surface area contributed by atoms with Crippen LogP contribution in [0.1, 0.15) is 36.4 Å². The Labute approximate surface area is 167 Å². The van der Waals surface area contributed by atoms with E-state index < -0.39 is 6.04 Å². The molecule has 0 bridgehead atoms. The molecule has 1 fully saturated rings. The minimum atomic E-state index is -0.551. The van der Waals surface area contributed by atoms with Gasteiger partial charge in [-0.25, -0.2) is 4.39 Å². The van der Waals surface area contributed by atoms with Crippen molar-refractivity contribution in [3.8, 4) is 0 Å². The third-order valence-electron chi connectivity index (χ3n) is 4.51. The number of hydrogen-bond donors (Lipinski definition) is 1. The van der Waals surface area contributed by atoms with Gasteiger partial charge in [0.25, 0.3) is 0 Å². The van der Waals surface area contributed by atoms with E-state index in [0.717, 1.165) is 25.0 Å². The molecule has 0 radical (unpaired) electrons. The van der Waals surface area contributed by atoms with Gasteiger partial charge in [-0.15, -0.1) is 0 Å². The highest BCUT2D eigenvalue weighted by Gasteiger charge is 2.21. The minimum absolute atomic E-state index is 0.141. The Morgan fingerprint density at radius 3 is 2.81 bits per heavy atom. The molecular formula is C21H23BrFNO3. The predicted octanol–water partition coefficient (Wildman–Crippen LogP) is 4.38. The number of hydrogen-bond acceptors (Lipinski definition) is 3. The Hall–Kier alpha value is -1.76. The van der Waals surface area contributed by atoms with Crippen LogP contribution in [0.2, 0.25) is 0 Å². The second kappa shape index (κ2) is 9.97. The smallest absolute Gasteiger partial charge is 0.223 e. The molecule has 2 aromatic rings. The molecule has 4 nitrogen and oxygen atoms in total. The summed E-state index contributed by atoms with van der Waals surface area (Å²) in [6.45, 7) is 1.61. The quantitative estimate of drug-likeness (QED) is 0.625. The van der Waals surface area contributed by atoms with Crippen LogP contribution in [0.15, 0.2) is 53.0 Å². The molecule has 1 saturated heterocycles. The number of rotatable bonds is 8. The van der Waals surface area contributed by atoms with Gasteiger partial charge in [0.15, 0.2) is 0 Å². The zero-order chi connectivity index (χ0) is 19.1. The van der Waals surface area contributed by atoms with E-state index >= 15 is 0 Å². The van der Waals surface area contributed by atoms with Gasteiger partial charge in [0, 0.05) is 23.1 Å². The fraction of sp³-hybridized carbons (Fsp3) is 0.381. The zero-order valence-corrected chi connectivity index (χ0v) is 16.6. The van der Waals surface area contributed by atoms with Crippen molar-refractivity contribution in [3.63, 3.8) is 0 Å². The average Bonchev–Trinajstić information content (AvgIpc) is 3.18. The molecular weight excluding hydrogens is 413 g/mol. The van der Waals surface area contributed by atoms with E-state index in [1.54, 1.807) is 12.1 Å². The lowest BCUT2D eigenvalue weighted by molar-refractivity contribution is -0.123. The van der Waals surface area contributed by atoms with E-state index in [1.807, 2.05) is 30.3 Å². The summed E-state index contributed by atoms with van der Waals surface area (Å²) >= 11 is 3.27. The summed E-state index contributed by atoms with van der Waals surface area (Å²) in [5.41, 5.74) is 1.25. The molecule has 1 amide bonds. The highest BCUT2D eigenvalue weighted by Crippen LogP contribution is 2.26. The fourth-order valence-corrected chi connectivity index (χ4v) is 3.44. The van der Waals surface area contributed by atoms with E-state index in [4.69, 9.17) is 9.47 Å². The van der Waals surface area contributed by atoms with Gasteiger partial charge in [0.05, 0.1) is 25.4 Å². The van der Waals surface area contributed by atoms with E-state index in [0.29, 0.717) is 23.2 Å². The maximum atomic E-state index is 14.5. The Balaban J connectivity index is 1.61. The van der Waals surface area contributed by atoms with Gasteiger partial charge in [-0.1, -0.05) is 52.3 Å². The van der Waals surface area contributed by atoms with Crippen molar-refractivity contribution in [2.45, 2.75) is 31.4 Å². The highest BCUT2D eigenvalue weighted by molar-refractivity contribution is 9.10. The topological polar surface area (TPSA) is 47.6 Å². The summed E-state index contributed by atoms with van der Waals surface area (Å²) in [7, 11) is 0. The summed E-state index contributed by atoms with van der Waals surface area (Å²) < 4.78 is 26.2. The number of carbonyl (C=O) groups is 1. The molecule has 2 unspecified atom stereocenters. The Morgan fingerprint density at radius 1 is 1.30 bits per heavy atom. The molecule has 2 aromatic carbocycles. The lowest BCUT2D eigenvalue weighted by Gasteiger charge is -2.21. The van der Waals surface area contributed by atoms with Crippen LogP contribution in [0, 0.1) is 5.82 Å². The third kappa shape index (κ3) is 5.86. The van der Waals surface area contributed by atoms with Crippen molar-refractivity contribution >= 4 is 21.8 Å². The van der Waals surface area contributed by atoms with Gasteiger partial charge in [-0.2, -0.15) is 0 Å². The van der Waals surface area contributed by atoms with Crippen LogP contribution < -0.4 is 5.32 Å². The van der Waals surface area contributed by atoms with Gasteiger partial charge in [-0.05, 0) is 30.5 Å². The molecule has 0 aliphatic carbocycles. The lowest BCUT2D eigenvalue weighted by atomic mass is 9.98. The zero-order valence-electron chi connectivity index (χ0n) is 15.0. The summed E-state index contributed by atoms with van der Waals surface area (Å²) in [6, 6.07) is 13.7. The van der Waals surface area contributed by atoms with E-state index in [9.17, 15) is 9.18 Å². The monoisotopic (exact) mass is 435 g/mol. The van der Waals surface area contributed by atoms with Crippen LogP contribution in [-0.2, 0) is 14.3 Å². The first kappa shape index (κ1) is 20.0. The molecule has 3 rings (SSSR count). The van der Waals surface area contributed by atoms with Crippen LogP contribution in [0.5, 0.6) is 0 Å². The normalized spacial score (nSPS) is 17.6. The van der Waals surface area contributed by atoms with Gasteiger partial charge in [-0.3, -0.25) is 4.79 Å². The van der Waals surface area contributed by atoms with Crippen molar-refractivity contribution in [3.05, 3.63) is 69.9 Å². The number of carbonyl (C=O) groups excluding carboxylic acids is 1. The summed E-state index contributed by atoms with van der Waals surface area (Å²) in [6.07, 6.45) is 2.42. The van der Waals surface area contributed by atoms with E-state index in [-0.39, 0.29) is 24.2 Å². The molecule has 6 heteroatoms. The van der Waals surface area contributed by atoms with Crippen molar-refractivity contribution < 1.29 is 18.7 Å². The summed E-state index contributed by atoms with van der Waals surface area (Å²) in [5, 5.41) is 2.93. The second-order valence-corrected chi connectivity index (χ2v) is 7.45. The molecule has 0 saturated carbocycles. The number of amides is 1. The molecule has 0 spiro atoms. The molecule has 1 aliphatic rings. The number of halogens is 2. The first-order valence-electron chi connectivity index (χ1n) is 9.12. The Morgan fingerprint density at radius 2 is 2.11 bits per heavy atom. The molecule has 1 N–H and O–H groups in total. The van der Waals surface area contributed by atoms with Gasteiger partial charge >= 0.3 is 0 Å². The summed E-state index contributed by atoms with van der Waals surface area (Å²) in [5.74, 6) is -0.549. The van der Waals surface area contributed by atoms with E-state index in [2.05, 4.69) is 21.2 Å². The second-order valence-electron chi connectivity index (χ2n) is 6.54. The largest absolute Gasteiger partial charge is 0.378 e. The fourth-order valence-electron chi connectivity index (χ4n) is 3.11. The predicted molar refractivity (Wildman–Crippen MR) is 105 cm³/mol. The van der Waals surface area contributed by atoms with Gasteiger partial charge in [0.2, 0.25) is 5.91 Å². The SMILES string of the molecule is O=C(CCOCC1CCCO1)NC(c1ccccc1)c1ccc(Br)cc1F. The molecule has 0 aromatic heterocycles. The van der Waals surface area contributed by atoms with Crippen LogP contribution in [0.4, 0.5) is 4.39 Å². The molecule has 2 atom stereocenters. The Bertz CT molecular complexity index is 750. The lowest BCUT2D eigenvalue weighted by Crippen LogP contribution is -2.31. The van der Waals surface area contributed by atoms with Crippen LogP contribution >= 0.6 is 15.9 Å². The average molecular weight is 436 g/mol. The Kier molecular flexibility index (Phi) is 7.38. The van der Waals surface area contributed by atoms with Gasteiger partial charge < -0.3 is 14.8 Å². The number of ether oxygens (including phenoxy) is 2. The third-order valence-corrected chi connectivity index (χ3v) is 5.01. The molecule has 144 valence electrons. The first-order valence-corrected chi connectivity index (χ1v) is 9.91. The van der Waals surface area contributed by atoms with Crippen LogP contribution in [0.3, 0.4) is 0 Å². The summed E-state index contributed by atoms with van der Waals surface area (Å²) in [4.78, 5) is 12.4. The highest BCUT2D eigenvalue weighted by atomic mass is 79.9. The van der Waals surface area contributed by atoms with E-state index in [1.165, 1.54) is 6.07 Å². The minimum Gasteiger partial charge on any atom is -0.378 e. The maximum Gasteiger partial charge on any atom is 0.223 e. The molecule has 1 heterocycles. The van der Waals surface area contributed by atoms with Crippen molar-refractivity contribution in [1.29, 1.82) is 0 Å². The number of benzene rings is 2. The van der Waals surface area contributed by atoms with Gasteiger partial charge in [0.1, 0.15) is 5.82 Å². The van der Waals surface area contributed by atoms with Crippen molar-refractivity contribution in [1.82, 2.24) is 5.32 Å².